The Balaban J connectivity index is 2.05. The third-order valence-electron chi connectivity index (χ3n) is 3.67. The predicted octanol–water partition coefficient (Wildman–Crippen LogP) is 1.76. The first-order valence-electron chi connectivity index (χ1n) is 6.77. The number of ether oxygens (including phenoxy) is 1. The highest BCUT2D eigenvalue weighted by Gasteiger charge is 2.37. The predicted molar refractivity (Wildman–Crippen MR) is 69.9 cm³/mol. The minimum absolute atomic E-state index is 0.0716. The van der Waals surface area contributed by atoms with Crippen LogP contribution in [0.25, 0.3) is 0 Å². The summed E-state index contributed by atoms with van der Waals surface area (Å²) in [7, 11) is 0. The van der Waals surface area contributed by atoms with E-state index in [1.54, 1.807) is 0 Å². The molecule has 1 aliphatic heterocycles. The summed E-state index contributed by atoms with van der Waals surface area (Å²) in [5, 5.41) is 9.21. The van der Waals surface area contributed by atoms with E-state index in [-0.39, 0.29) is 6.04 Å². The van der Waals surface area contributed by atoms with Crippen molar-refractivity contribution in [3.05, 3.63) is 23.7 Å². The Morgan fingerprint density at radius 2 is 2.11 bits per heavy atom. The van der Waals surface area contributed by atoms with Crippen LogP contribution in [0.3, 0.4) is 0 Å². The van der Waals surface area contributed by atoms with Gasteiger partial charge in [0.05, 0.1) is 25.7 Å². The SMILES string of the molecule is CCc1ccc(CN(CC)C2COCC2C(=O)O)o1. The maximum Gasteiger partial charge on any atom is 0.310 e. The van der Waals surface area contributed by atoms with E-state index < -0.39 is 11.9 Å². The van der Waals surface area contributed by atoms with Gasteiger partial charge in [0, 0.05) is 12.5 Å². The number of carbonyl (C=O) groups is 1. The highest BCUT2D eigenvalue weighted by atomic mass is 16.5. The van der Waals surface area contributed by atoms with E-state index in [0.717, 1.165) is 24.5 Å². The molecule has 1 saturated heterocycles. The summed E-state index contributed by atoms with van der Waals surface area (Å²) >= 11 is 0. The fourth-order valence-electron chi connectivity index (χ4n) is 2.50. The van der Waals surface area contributed by atoms with E-state index in [1.807, 2.05) is 26.0 Å². The molecule has 5 nitrogen and oxygen atoms in total. The lowest BCUT2D eigenvalue weighted by Gasteiger charge is -2.28. The fourth-order valence-corrected chi connectivity index (χ4v) is 2.50. The summed E-state index contributed by atoms with van der Waals surface area (Å²) in [4.78, 5) is 13.3. The van der Waals surface area contributed by atoms with Crippen LogP contribution in [0, 0.1) is 5.92 Å². The van der Waals surface area contributed by atoms with E-state index in [0.29, 0.717) is 19.8 Å². The number of furan rings is 1. The second kappa shape index (κ2) is 6.21. The van der Waals surface area contributed by atoms with E-state index in [1.165, 1.54) is 0 Å². The van der Waals surface area contributed by atoms with Crippen molar-refractivity contribution < 1.29 is 19.1 Å². The van der Waals surface area contributed by atoms with Crippen LogP contribution in [0.5, 0.6) is 0 Å². The summed E-state index contributed by atoms with van der Waals surface area (Å²) in [6.45, 7) is 6.27. The Morgan fingerprint density at radius 1 is 1.37 bits per heavy atom. The van der Waals surface area contributed by atoms with Gasteiger partial charge in [0.25, 0.3) is 0 Å². The van der Waals surface area contributed by atoms with Gasteiger partial charge in [-0.15, -0.1) is 0 Å². The summed E-state index contributed by atoms with van der Waals surface area (Å²) in [6.07, 6.45) is 0.871. The van der Waals surface area contributed by atoms with Gasteiger partial charge in [0.2, 0.25) is 0 Å². The van der Waals surface area contributed by atoms with Crippen molar-refractivity contribution in [1.82, 2.24) is 4.90 Å². The number of aliphatic carboxylic acids is 1. The molecule has 1 N–H and O–H groups in total. The fraction of sp³-hybridized carbons (Fsp3) is 0.643. The molecule has 2 atom stereocenters. The number of nitrogens with zero attached hydrogens (tertiary/aromatic N) is 1. The Morgan fingerprint density at radius 3 is 2.68 bits per heavy atom. The van der Waals surface area contributed by atoms with Gasteiger partial charge in [-0.2, -0.15) is 0 Å². The summed E-state index contributed by atoms with van der Waals surface area (Å²) < 4.78 is 11.0. The molecule has 0 amide bonds. The molecule has 0 radical (unpaired) electrons. The molecule has 0 bridgehead atoms. The van der Waals surface area contributed by atoms with E-state index in [2.05, 4.69) is 4.90 Å². The maximum absolute atomic E-state index is 11.2. The van der Waals surface area contributed by atoms with Crippen molar-refractivity contribution >= 4 is 5.97 Å². The topological polar surface area (TPSA) is 62.9 Å². The second-order valence-corrected chi connectivity index (χ2v) is 4.83. The molecule has 106 valence electrons. The van der Waals surface area contributed by atoms with Crippen molar-refractivity contribution in [2.45, 2.75) is 32.9 Å². The van der Waals surface area contributed by atoms with Gasteiger partial charge in [-0.1, -0.05) is 13.8 Å². The first-order chi connectivity index (χ1) is 9.15. The van der Waals surface area contributed by atoms with Crippen molar-refractivity contribution in [2.24, 2.45) is 5.92 Å². The molecule has 1 aliphatic rings. The third kappa shape index (κ3) is 3.16. The van der Waals surface area contributed by atoms with Crippen molar-refractivity contribution in [2.75, 3.05) is 19.8 Å². The maximum atomic E-state index is 11.2. The van der Waals surface area contributed by atoms with Gasteiger partial charge in [-0.25, -0.2) is 0 Å². The minimum Gasteiger partial charge on any atom is -0.481 e. The molecule has 0 aromatic carbocycles. The third-order valence-corrected chi connectivity index (χ3v) is 3.67. The molecule has 0 spiro atoms. The molecular formula is C14H21NO4. The quantitative estimate of drug-likeness (QED) is 0.851. The minimum atomic E-state index is -0.783. The number of hydrogen-bond acceptors (Lipinski definition) is 4. The lowest BCUT2D eigenvalue weighted by atomic mass is 10.0. The highest BCUT2D eigenvalue weighted by molar-refractivity contribution is 5.71. The molecule has 19 heavy (non-hydrogen) atoms. The highest BCUT2D eigenvalue weighted by Crippen LogP contribution is 2.22. The first-order valence-corrected chi connectivity index (χ1v) is 6.77. The lowest BCUT2D eigenvalue weighted by Crippen LogP contribution is -2.42. The van der Waals surface area contributed by atoms with Crippen LogP contribution >= 0.6 is 0 Å². The molecule has 2 rings (SSSR count). The Kier molecular flexibility index (Phi) is 4.61. The van der Waals surface area contributed by atoms with Gasteiger partial charge in [-0.3, -0.25) is 9.69 Å². The van der Waals surface area contributed by atoms with Crippen LogP contribution < -0.4 is 0 Å². The zero-order valence-corrected chi connectivity index (χ0v) is 11.5. The largest absolute Gasteiger partial charge is 0.481 e. The zero-order chi connectivity index (χ0) is 13.8. The number of carboxylic acid groups (broad SMARTS) is 1. The van der Waals surface area contributed by atoms with Crippen LogP contribution in [-0.2, 0) is 22.5 Å². The molecular weight excluding hydrogens is 246 g/mol. The summed E-state index contributed by atoms with van der Waals surface area (Å²) in [6, 6.07) is 3.87. The van der Waals surface area contributed by atoms with Crippen LogP contribution in [0.4, 0.5) is 0 Å². The molecule has 0 saturated carbocycles. The number of hydrogen-bond donors (Lipinski definition) is 1. The lowest BCUT2D eigenvalue weighted by molar-refractivity contribution is -0.143. The van der Waals surface area contributed by atoms with Gasteiger partial charge >= 0.3 is 5.97 Å². The number of likely N-dealkylation sites (N-methyl/N-ethyl adjacent to an activating group) is 1. The average molecular weight is 267 g/mol. The van der Waals surface area contributed by atoms with Crippen LogP contribution in [-0.4, -0.2) is 41.8 Å². The molecule has 0 aliphatic carbocycles. The van der Waals surface area contributed by atoms with E-state index in [9.17, 15) is 9.90 Å². The summed E-state index contributed by atoms with van der Waals surface area (Å²) in [5.74, 6) is 0.619. The Bertz CT molecular complexity index is 429. The van der Waals surface area contributed by atoms with E-state index in [4.69, 9.17) is 9.15 Å². The molecule has 1 aromatic heterocycles. The van der Waals surface area contributed by atoms with Crippen LogP contribution in [0.1, 0.15) is 25.4 Å². The van der Waals surface area contributed by atoms with Crippen LogP contribution in [0.2, 0.25) is 0 Å². The Hall–Kier alpha value is -1.33. The smallest absolute Gasteiger partial charge is 0.310 e. The zero-order valence-electron chi connectivity index (χ0n) is 11.5. The number of aryl methyl sites for hydroxylation is 1. The molecule has 5 heteroatoms. The first kappa shape index (κ1) is 14.1. The van der Waals surface area contributed by atoms with Crippen molar-refractivity contribution in [3.8, 4) is 0 Å². The second-order valence-electron chi connectivity index (χ2n) is 4.83. The molecule has 2 heterocycles. The summed E-state index contributed by atoms with van der Waals surface area (Å²) in [5.41, 5.74) is 0. The molecule has 1 aromatic rings. The normalized spacial score (nSPS) is 23.1. The van der Waals surface area contributed by atoms with Gasteiger partial charge in [0.15, 0.2) is 0 Å². The van der Waals surface area contributed by atoms with Gasteiger partial charge in [0.1, 0.15) is 11.5 Å². The van der Waals surface area contributed by atoms with E-state index >= 15 is 0 Å². The average Bonchev–Trinajstić information content (AvgIpc) is 3.04. The Labute approximate surface area is 113 Å². The van der Waals surface area contributed by atoms with Gasteiger partial charge < -0.3 is 14.3 Å². The number of rotatable bonds is 6. The number of carboxylic acids is 1. The van der Waals surface area contributed by atoms with Crippen molar-refractivity contribution in [3.63, 3.8) is 0 Å². The molecule has 1 fully saturated rings. The van der Waals surface area contributed by atoms with Crippen molar-refractivity contribution in [1.29, 1.82) is 0 Å². The standard InChI is InChI=1S/C14H21NO4/c1-3-10-5-6-11(19-10)7-15(4-2)13-9-18-8-12(13)14(16)17/h5-6,12-13H,3-4,7-9H2,1-2H3,(H,16,17). The van der Waals surface area contributed by atoms with Crippen LogP contribution in [0.15, 0.2) is 16.5 Å². The molecule has 2 unspecified atom stereocenters. The van der Waals surface area contributed by atoms with Gasteiger partial charge in [-0.05, 0) is 18.7 Å². The monoisotopic (exact) mass is 267 g/mol.